The van der Waals surface area contributed by atoms with Crippen LogP contribution in [0.4, 0.5) is 5.69 Å². The Morgan fingerprint density at radius 1 is 1.33 bits per heavy atom. The molecule has 0 aromatic heterocycles. The molecule has 3 rings (SSSR count). The lowest BCUT2D eigenvalue weighted by Gasteiger charge is -2.15. The first kappa shape index (κ1) is 14.6. The van der Waals surface area contributed by atoms with Gasteiger partial charge in [-0.15, -0.1) is 0 Å². The third-order valence-electron chi connectivity index (χ3n) is 3.64. The minimum Gasteiger partial charge on any atom is -0.384 e. The number of hydrogen-bond donors (Lipinski definition) is 2. The summed E-state index contributed by atoms with van der Waals surface area (Å²) < 4.78 is 0.994. The average molecular weight is 367 g/mol. The van der Waals surface area contributed by atoms with E-state index in [2.05, 4.69) is 21.2 Å². The van der Waals surface area contributed by atoms with Crippen LogP contribution in [0.3, 0.4) is 0 Å². The van der Waals surface area contributed by atoms with Crippen molar-refractivity contribution < 1.29 is 9.90 Å². The Bertz CT molecular complexity index is 745. The summed E-state index contributed by atoms with van der Waals surface area (Å²) in [5.74, 6) is -0.0489. The summed E-state index contributed by atoms with van der Waals surface area (Å²) in [6, 6.07) is 9.18. The number of halogens is 2. The zero-order valence-electron chi connectivity index (χ0n) is 11.3. The fourth-order valence-electron chi connectivity index (χ4n) is 2.49. The second kappa shape index (κ2) is 5.44. The molecule has 21 heavy (non-hydrogen) atoms. The van der Waals surface area contributed by atoms with Gasteiger partial charge in [0.25, 0.3) is 0 Å². The van der Waals surface area contributed by atoms with Gasteiger partial charge in [-0.3, -0.25) is 4.79 Å². The smallest absolute Gasteiger partial charge is 0.228 e. The number of rotatable bonds is 2. The van der Waals surface area contributed by atoms with Crippen molar-refractivity contribution in [1.82, 2.24) is 0 Å². The molecule has 1 aliphatic rings. The summed E-state index contributed by atoms with van der Waals surface area (Å²) in [4.78, 5) is 11.4. The quantitative estimate of drug-likeness (QED) is 0.844. The molecule has 1 unspecified atom stereocenters. The first-order valence-corrected chi connectivity index (χ1v) is 7.69. The Labute approximate surface area is 136 Å². The lowest BCUT2D eigenvalue weighted by molar-refractivity contribution is -0.115. The van der Waals surface area contributed by atoms with Gasteiger partial charge in [0.1, 0.15) is 6.10 Å². The summed E-state index contributed by atoms with van der Waals surface area (Å²) in [5, 5.41) is 13.8. The molecule has 0 bridgehead atoms. The largest absolute Gasteiger partial charge is 0.384 e. The Hall–Kier alpha value is -1.36. The Kier molecular flexibility index (Phi) is 3.78. The van der Waals surface area contributed by atoms with Gasteiger partial charge in [-0.05, 0) is 41.8 Å². The average Bonchev–Trinajstić information content (AvgIpc) is 2.79. The maximum Gasteiger partial charge on any atom is 0.228 e. The molecular formula is C16H13BrClNO2. The summed E-state index contributed by atoms with van der Waals surface area (Å²) in [7, 11) is 0. The zero-order chi connectivity index (χ0) is 15.1. The van der Waals surface area contributed by atoms with Crippen LogP contribution in [0.25, 0.3) is 0 Å². The number of aliphatic hydroxyl groups is 1. The van der Waals surface area contributed by atoms with E-state index >= 15 is 0 Å². The van der Waals surface area contributed by atoms with Crippen LogP contribution in [0.2, 0.25) is 5.02 Å². The normalized spacial score (nSPS) is 14.8. The minimum atomic E-state index is -0.815. The highest BCUT2D eigenvalue weighted by molar-refractivity contribution is 9.10. The molecule has 2 N–H and O–H groups in total. The molecule has 0 spiro atoms. The number of hydrogen-bond acceptors (Lipinski definition) is 2. The van der Waals surface area contributed by atoms with Crippen LogP contribution >= 0.6 is 27.5 Å². The van der Waals surface area contributed by atoms with Gasteiger partial charge >= 0.3 is 0 Å². The van der Waals surface area contributed by atoms with Gasteiger partial charge in [0.05, 0.1) is 6.42 Å². The van der Waals surface area contributed by atoms with Crippen LogP contribution < -0.4 is 5.32 Å². The monoisotopic (exact) mass is 365 g/mol. The highest BCUT2D eigenvalue weighted by atomic mass is 79.9. The van der Waals surface area contributed by atoms with E-state index in [1.807, 2.05) is 25.1 Å². The zero-order valence-corrected chi connectivity index (χ0v) is 13.6. The lowest BCUT2D eigenvalue weighted by Crippen LogP contribution is -2.03. The topological polar surface area (TPSA) is 49.3 Å². The second-order valence-corrected chi connectivity index (χ2v) is 6.43. The highest BCUT2D eigenvalue weighted by Crippen LogP contribution is 2.35. The van der Waals surface area contributed by atoms with E-state index in [1.54, 1.807) is 12.1 Å². The number of anilines is 1. The van der Waals surface area contributed by atoms with Gasteiger partial charge < -0.3 is 10.4 Å². The van der Waals surface area contributed by atoms with Gasteiger partial charge in [-0.25, -0.2) is 0 Å². The number of aliphatic hydroxyl groups excluding tert-OH is 1. The van der Waals surface area contributed by atoms with E-state index in [4.69, 9.17) is 11.6 Å². The van der Waals surface area contributed by atoms with E-state index < -0.39 is 6.10 Å². The standard InChI is InChI=1S/C16H13BrClNO2/c1-8-4-9(2-3-12(8)17)16(21)11-5-10-6-15(20)19-14(10)7-13(11)18/h2-5,7,16,21H,6H2,1H3,(H,19,20). The summed E-state index contributed by atoms with van der Waals surface area (Å²) in [6.45, 7) is 1.97. The third kappa shape index (κ3) is 2.71. The fourth-order valence-corrected chi connectivity index (χ4v) is 3.01. The highest BCUT2D eigenvalue weighted by Gasteiger charge is 2.22. The molecule has 1 atom stereocenters. The Morgan fingerprint density at radius 3 is 2.81 bits per heavy atom. The number of amides is 1. The van der Waals surface area contributed by atoms with Crippen LogP contribution in [0.5, 0.6) is 0 Å². The van der Waals surface area contributed by atoms with Gasteiger partial charge in [0.15, 0.2) is 0 Å². The van der Waals surface area contributed by atoms with Crippen LogP contribution in [0, 0.1) is 6.92 Å². The summed E-state index contributed by atoms with van der Waals surface area (Å²) in [6.07, 6.45) is -0.490. The molecule has 2 aromatic rings. The van der Waals surface area contributed by atoms with Crippen molar-refractivity contribution in [1.29, 1.82) is 0 Å². The summed E-state index contributed by atoms with van der Waals surface area (Å²) >= 11 is 9.69. The first-order valence-electron chi connectivity index (χ1n) is 6.52. The van der Waals surface area contributed by atoms with Crippen molar-refractivity contribution in [2.45, 2.75) is 19.4 Å². The molecule has 0 aliphatic carbocycles. The van der Waals surface area contributed by atoms with Crippen molar-refractivity contribution in [3.8, 4) is 0 Å². The molecule has 0 fully saturated rings. The van der Waals surface area contributed by atoms with Crippen LogP contribution in [0.1, 0.15) is 28.4 Å². The number of carbonyl (C=O) groups is 1. The third-order valence-corrected chi connectivity index (χ3v) is 4.86. The minimum absolute atomic E-state index is 0.0489. The number of fused-ring (bicyclic) bond motifs is 1. The molecule has 1 amide bonds. The molecule has 108 valence electrons. The van der Waals surface area contributed by atoms with E-state index in [-0.39, 0.29) is 5.91 Å². The number of nitrogens with one attached hydrogen (secondary N) is 1. The van der Waals surface area contributed by atoms with E-state index in [1.165, 1.54) is 0 Å². The number of aryl methyl sites for hydroxylation is 1. The maximum absolute atomic E-state index is 11.4. The number of carbonyl (C=O) groups excluding carboxylic acids is 1. The van der Waals surface area contributed by atoms with Crippen molar-refractivity contribution >= 4 is 39.1 Å². The molecule has 5 heteroatoms. The Balaban J connectivity index is 2.02. The second-order valence-electron chi connectivity index (χ2n) is 5.17. The molecule has 2 aromatic carbocycles. The predicted molar refractivity (Wildman–Crippen MR) is 86.7 cm³/mol. The molecule has 0 radical (unpaired) electrons. The predicted octanol–water partition coefficient (Wildman–Crippen LogP) is 3.99. The Morgan fingerprint density at radius 2 is 2.10 bits per heavy atom. The fraction of sp³-hybridized carbons (Fsp3) is 0.188. The van der Waals surface area contributed by atoms with Crippen LogP contribution in [-0.2, 0) is 11.2 Å². The maximum atomic E-state index is 11.4. The molecule has 1 aliphatic heterocycles. The lowest BCUT2D eigenvalue weighted by atomic mass is 9.97. The van der Waals surface area contributed by atoms with Crippen LogP contribution in [-0.4, -0.2) is 11.0 Å². The van der Waals surface area contributed by atoms with Crippen molar-refractivity contribution in [3.05, 3.63) is 62.1 Å². The molecule has 0 saturated carbocycles. The molecule has 0 saturated heterocycles. The van der Waals surface area contributed by atoms with Crippen molar-refractivity contribution in [3.63, 3.8) is 0 Å². The molecule has 1 heterocycles. The SMILES string of the molecule is Cc1cc(C(O)c2cc3c(cc2Cl)NC(=O)C3)ccc1Br. The van der Waals surface area contributed by atoms with E-state index in [9.17, 15) is 9.90 Å². The van der Waals surface area contributed by atoms with Gasteiger partial charge in [-0.1, -0.05) is 39.7 Å². The van der Waals surface area contributed by atoms with Crippen molar-refractivity contribution in [2.24, 2.45) is 0 Å². The van der Waals surface area contributed by atoms with Gasteiger partial charge in [0.2, 0.25) is 5.91 Å². The number of benzene rings is 2. The van der Waals surface area contributed by atoms with Gasteiger partial charge in [-0.2, -0.15) is 0 Å². The van der Waals surface area contributed by atoms with E-state index in [0.29, 0.717) is 17.0 Å². The first-order chi connectivity index (χ1) is 9.95. The summed E-state index contributed by atoms with van der Waals surface area (Å²) in [5.41, 5.74) is 4.03. The van der Waals surface area contributed by atoms with Gasteiger partial charge in [0, 0.05) is 20.7 Å². The molecular weight excluding hydrogens is 354 g/mol. The van der Waals surface area contributed by atoms with Crippen LogP contribution in [0.15, 0.2) is 34.8 Å². The molecule has 3 nitrogen and oxygen atoms in total. The van der Waals surface area contributed by atoms with Crippen molar-refractivity contribution in [2.75, 3.05) is 5.32 Å². The van der Waals surface area contributed by atoms with E-state index in [0.717, 1.165) is 26.9 Å².